The molecule has 0 unspecified atom stereocenters. The number of carbonyl (C=O) groups is 2. The van der Waals surface area contributed by atoms with Gasteiger partial charge in [-0.15, -0.1) is 11.8 Å². The molecule has 0 fully saturated rings. The number of nitrogens with zero attached hydrogens (tertiary/aromatic N) is 1. The number of rotatable bonds is 11. The molecule has 0 saturated heterocycles. The Kier molecular flexibility index (Phi) is 10.2. The monoisotopic (exact) mass is 447 g/mol. The molecule has 2 aromatic rings. The molecule has 6 nitrogen and oxygen atoms in total. The van der Waals surface area contributed by atoms with Crippen LogP contribution in [0.2, 0.25) is 0 Å². The highest BCUT2D eigenvalue weighted by Gasteiger charge is 2.23. The molecule has 0 aliphatic rings. The minimum atomic E-state index is -0.531. The van der Waals surface area contributed by atoms with Gasteiger partial charge in [-0.1, -0.05) is 34.6 Å². The van der Waals surface area contributed by atoms with Gasteiger partial charge in [0, 0.05) is 11.8 Å². The van der Waals surface area contributed by atoms with Crippen LogP contribution in [0.15, 0.2) is 59.1 Å². The minimum Gasteiger partial charge on any atom is -0.766 e. The van der Waals surface area contributed by atoms with Gasteiger partial charge in [0.25, 0.3) is 5.70 Å². The van der Waals surface area contributed by atoms with E-state index in [2.05, 4.69) is 0 Å². The molecule has 0 N–H and O–H groups in total. The van der Waals surface area contributed by atoms with Crippen molar-refractivity contribution in [1.29, 1.82) is 0 Å². The Hall–Kier alpha value is -2.58. The van der Waals surface area contributed by atoms with E-state index in [4.69, 9.17) is 26.8 Å². The fourth-order valence-electron chi connectivity index (χ4n) is 2.44. The van der Waals surface area contributed by atoms with E-state index in [1.54, 1.807) is 42.9 Å². The summed E-state index contributed by atoms with van der Waals surface area (Å²) in [5.41, 5.74) is 1.25. The van der Waals surface area contributed by atoms with Crippen molar-refractivity contribution >= 4 is 42.0 Å². The molecular formula is C22H25NO5S2. The van der Waals surface area contributed by atoms with Crippen molar-refractivity contribution in [3.05, 3.63) is 64.7 Å². The van der Waals surface area contributed by atoms with E-state index < -0.39 is 5.97 Å². The summed E-state index contributed by atoms with van der Waals surface area (Å²) in [6.07, 6.45) is 3.60. The van der Waals surface area contributed by atoms with E-state index in [0.717, 1.165) is 5.56 Å². The van der Waals surface area contributed by atoms with Gasteiger partial charge >= 0.3 is 11.9 Å². The Labute approximate surface area is 186 Å². The van der Waals surface area contributed by atoms with Gasteiger partial charge in [0.05, 0.1) is 19.6 Å². The number of hydrogen-bond donors (Lipinski definition) is 0. The molecule has 1 aromatic heterocycles. The van der Waals surface area contributed by atoms with E-state index in [1.807, 2.05) is 30.3 Å². The van der Waals surface area contributed by atoms with E-state index in [-0.39, 0.29) is 24.7 Å². The Morgan fingerprint density at radius 3 is 2.47 bits per heavy atom. The van der Waals surface area contributed by atoms with Crippen molar-refractivity contribution < 1.29 is 28.4 Å². The summed E-state index contributed by atoms with van der Waals surface area (Å²) in [7, 11) is 0. The first kappa shape index (κ1) is 23.7. The largest absolute Gasteiger partial charge is 0.766 e. The summed E-state index contributed by atoms with van der Waals surface area (Å²) >= 11 is 6.70. The molecular weight excluding hydrogens is 422 g/mol. The van der Waals surface area contributed by atoms with Gasteiger partial charge in [0.2, 0.25) is 6.20 Å². The number of carbonyl (C=O) groups excluding carboxylic acids is 2. The van der Waals surface area contributed by atoms with Gasteiger partial charge in [-0.25, -0.2) is 4.79 Å². The number of thioether (sulfide) groups is 1. The van der Waals surface area contributed by atoms with Gasteiger partial charge in [-0.05, 0) is 25.5 Å². The zero-order valence-corrected chi connectivity index (χ0v) is 18.7. The van der Waals surface area contributed by atoms with Crippen molar-refractivity contribution in [2.45, 2.75) is 26.9 Å². The topological polar surface area (TPSA) is 65.7 Å². The summed E-state index contributed by atoms with van der Waals surface area (Å²) in [4.78, 5) is 24.1. The van der Waals surface area contributed by atoms with E-state index in [0.29, 0.717) is 29.0 Å². The summed E-state index contributed by atoms with van der Waals surface area (Å²) in [5.74, 6) is 0.166. The van der Waals surface area contributed by atoms with Crippen molar-refractivity contribution in [2.75, 3.05) is 19.0 Å². The highest BCUT2D eigenvalue weighted by molar-refractivity contribution is 8.11. The average Bonchev–Trinajstić information content (AvgIpc) is 2.74. The second-order valence-corrected chi connectivity index (χ2v) is 7.75. The SMILES string of the molecule is CCOC(=O)CCS/C([S-])=C(\C(=O)OCC)[n+]1cccc(OCc2ccccc2)c1. The zero-order valence-electron chi connectivity index (χ0n) is 17.0. The number of pyridine rings is 1. The Bertz CT molecular complexity index is 871. The molecule has 0 saturated carbocycles. The van der Waals surface area contributed by atoms with Crippen molar-refractivity contribution in [3.63, 3.8) is 0 Å². The van der Waals surface area contributed by atoms with E-state index in [9.17, 15) is 9.59 Å². The number of aromatic nitrogens is 1. The van der Waals surface area contributed by atoms with Crippen LogP contribution in [0.4, 0.5) is 0 Å². The van der Waals surface area contributed by atoms with Gasteiger partial charge in [-0.2, -0.15) is 4.57 Å². The van der Waals surface area contributed by atoms with Crippen LogP contribution < -0.4 is 9.30 Å². The van der Waals surface area contributed by atoms with Gasteiger partial charge in [-0.3, -0.25) is 4.79 Å². The summed E-state index contributed by atoms with van der Waals surface area (Å²) < 4.78 is 17.9. The summed E-state index contributed by atoms with van der Waals surface area (Å²) in [6.45, 7) is 4.45. The fourth-order valence-corrected chi connectivity index (χ4v) is 3.66. The lowest BCUT2D eigenvalue weighted by atomic mass is 10.2. The normalized spacial score (nSPS) is 11.4. The van der Waals surface area contributed by atoms with Crippen LogP contribution >= 0.6 is 11.8 Å². The molecule has 0 spiro atoms. The minimum absolute atomic E-state index is 0.208. The van der Waals surface area contributed by atoms with Crippen LogP contribution in [0, 0.1) is 0 Å². The molecule has 0 atom stereocenters. The molecule has 0 amide bonds. The van der Waals surface area contributed by atoms with Crippen LogP contribution in [0.25, 0.3) is 5.70 Å². The van der Waals surface area contributed by atoms with Crippen LogP contribution in [-0.2, 0) is 38.3 Å². The first-order valence-corrected chi connectivity index (χ1v) is 11.0. The third kappa shape index (κ3) is 7.68. The highest BCUT2D eigenvalue weighted by atomic mass is 32.2. The maximum atomic E-state index is 12.6. The number of benzene rings is 1. The lowest BCUT2D eigenvalue weighted by Gasteiger charge is -2.14. The Balaban J connectivity index is 2.17. The standard InChI is InChI=1S/C22H25NO5S2/c1-3-26-19(24)12-14-30-22(29)20(21(25)27-4-2)23-13-8-11-18(15-23)28-16-17-9-6-5-7-10-17/h5-11,13,15H,3-4,12,14,16H2,1-2H3. The lowest BCUT2D eigenvalue weighted by molar-refractivity contribution is -0.579. The lowest BCUT2D eigenvalue weighted by Crippen LogP contribution is -2.37. The predicted molar refractivity (Wildman–Crippen MR) is 118 cm³/mol. The maximum absolute atomic E-state index is 12.6. The zero-order chi connectivity index (χ0) is 21.8. The van der Waals surface area contributed by atoms with Crippen LogP contribution in [0.5, 0.6) is 5.75 Å². The van der Waals surface area contributed by atoms with Crippen molar-refractivity contribution in [3.8, 4) is 5.75 Å². The third-order valence-corrected chi connectivity index (χ3v) is 5.20. The maximum Gasteiger partial charge on any atom is 0.403 e. The summed E-state index contributed by atoms with van der Waals surface area (Å²) in [5, 5.41) is 0. The molecule has 30 heavy (non-hydrogen) atoms. The number of esters is 2. The number of hydrogen-bond acceptors (Lipinski definition) is 7. The smallest absolute Gasteiger partial charge is 0.403 e. The molecule has 1 heterocycles. The molecule has 0 bridgehead atoms. The Morgan fingerprint density at radius 1 is 1.03 bits per heavy atom. The fraction of sp³-hybridized carbons (Fsp3) is 0.318. The van der Waals surface area contributed by atoms with Crippen molar-refractivity contribution in [2.24, 2.45) is 0 Å². The molecule has 0 aliphatic carbocycles. The summed E-state index contributed by atoms with van der Waals surface area (Å²) in [6, 6.07) is 13.4. The van der Waals surface area contributed by atoms with Crippen molar-refractivity contribution in [1.82, 2.24) is 0 Å². The second-order valence-electron chi connectivity index (χ2n) is 5.98. The first-order chi connectivity index (χ1) is 14.5. The predicted octanol–water partition coefficient (Wildman–Crippen LogP) is 3.48. The molecule has 2 rings (SSSR count). The van der Waals surface area contributed by atoms with Gasteiger partial charge in [0.1, 0.15) is 6.61 Å². The number of ether oxygens (including phenoxy) is 3. The molecule has 160 valence electrons. The molecule has 0 aliphatic heterocycles. The quantitative estimate of drug-likeness (QED) is 0.226. The average molecular weight is 448 g/mol. The van der Waals surface area contributed by atoms with Gasteiger partial charge < -0.3 is 26.8 Å². The van der Waals surface area contributed by atoms with Crippen LogP contribution in [-0.4, -0.2) is 30.9 Å². The molecule has 1 aromatic carbocycles. The van der Waals surface area contributed by atoms with Crippen LogP contribution in [0.3, 0.4) is 0 Å². The second kappa shape index (κ2) is 12.9. The molecule has 8 heteroatoms. The highest BCUT2D eigenvalue weighted by Crippen LogP contribution is 2.21. The Morgan fingerprint density at radius 2 is 1.77 bits per heavy atom. The van der Waals surface area contributed by atoms with E-state index >= 15 is 0 Å². The van der Waals surface area contributed by atoms with Crippen LogP contribution in [0.1, 0.15) is 25.8 Å². The first-order valence-electron chi connectivity index (χ1n) is 9.60. The third-order valence-electron chi connectivity index (χ3n) is 3.79. The molecule has 0 radical (unpaired) electrons. The van der Waals surface area contributed by atoms with Gasteiger partial charge in [0.15, 0.2) is 11.9 Å². The van der Waals surface area contributed by atoms with E-state index in [1.165, 1.54) is 11.8 Å².